The van der Waals surface area contributed by atoms with Gasteiger partial charge in [-0.25, -0.2) is 0 Å². The fourth-order valence-corrected chi connectivity index (χ4v) is 2.32. The average Bonchev–Trinajstić information content (AvgIpc) is 2.29. The van der Waals surface area contributed by atoms with Gasteiger partial charge < -0.3 is 19.8 Å². The van der Waals surface area contributed by atoms with Crippen molar-refractivity contribution < 1.29 is 14.9 Å². The molecular formula is C10H20N2O3S. The van der Waals surface area contributed by atoms with Crippen molar-refractivity contribution >= 4 is 16.9 Å². The number of hydrogen-bond donors (Lipinski definition) is 2. The van der Waals surface area contributed by atoms with Crippen molar-refractivity contribution in [2.75, 3.05) is 32.8 Å². The monoisotopic (exact) mass is 248 g/mol. The zero-order valence-corrected chi connectivity index (χ0v) is 10.6. The Morgan fingerprint density at radius 2 is 2.06 bits per heavy atom. The second-order valence-electron chi connectivity index (χ2n) is 3.59. The van der Waals surface area contributed by atoms with E-state index in [9.17, 15) is 0 Å². The van der Waals surface area contributed by atoms with Crippen LogP contribution in [0.2, 0.25) is 0 Å². The van der Waals surface area contributed by atoms with Crippen molar-refractivity contribution in [3.8, 4) is 0 Å². The van der Waals surface area contributed by atoms with E-state index in [1.165, 1.54) is 11.8 Å². The second-order valence-corrected chi connectivity index (χ2v) is 4.94. The molecule has 1 unspecified atom stereocenters. The van der Waals surface area contributed by atoms with Gasteiger partial charge in [-0.3, -0.25) is 4.99 Å². The first kappa shape index (κ1) is 13.8. The number of hydrogen-bond acceptors (Lipinski definition) is 5. The number of rotatable bonds is 3. The van der Waals surface area contributed by atoms with E-state index in [0.717, 1.165) is 18.3 Å². The van der Waals surface area contributed by atoms with Gasteiger partial charge in [0.05, 0.1) is 18.5 Å². The number of morpholine rings is 1. The Labute approximate surface area is 100 Å². The molecule has 0 saturated carbocycles. The second kappa shape index (κ2) is 7.11. The minimum Gasteiger partial charge on any atom is -0.378 e. The molecule has 1 fully saturated rings. The predicted octanol–water partition coefficient (Wildman–Crippen LogP) is 0.127. The van der Waals surface area contributed by atoms with Crippen LogP contribution in [0.25, 0.3) is 0 Å². The van der Waals surface area contributed by atoms with Gasteiger partial charge in [-0.15, -0.1) is 0 Å². The van der Waals surface area contributed by atoms with Crippen LogP contribution in [0.5, 0.6) is 0 Å². The molecule has 0 bridgehead atoms. The van der Waals surface area contributed by atoms with Crippen molar-refractivity contribution in [3.05, 3.63) is 0 Å². The molecule has 1 aliphatic heterocycles. The SMILES string of the molecule is CCN=C(SC(C)C(O)O)N1CCOCC1. The van der Waals surface area contributed by atoms with Gasteiger partial charge >= 0.3 is 0 Å². The summed E-state index contributed by atoms with van der Waals surface area (Å²) in [7, 11) is 0. The number of thioether (sulfide) groups is 1. The first-order valence-electron chi connectivity index (χ1n) is 5.55. The van der Waals surface area contributed by atoms with Crippen molar-refractivity contribution in [1.29, 1.82) is 0 Å². The Bertz CT molecular complexity index is 230. The van der Waals surface area contributed by atoms with Crippen LogP contribution in [0.3, 0.4) is 0 Å². The lowest BCUT2D eigenvalue weighted by molar-refractivity contribution is -0.0365. The van der Waals surface area contributed by atoms with E-state index in [-0.39, 0.29) is 5.25 Å². The highest BCUT2D eigenvalue weighted by Gasteiger charge is 2.20. The first-order chi connectivity index (χ1) is 7.65. The van der Waals surface area contributed by atoms with Crippen molar-refractivity contribution in [2.24, 2.45) is 4.99 Å². The summed E-state index contributed by atoms with van der Waals surface area (Å²) in [6.45, 7) is 7.51. The third-order valence-electron chi connectivity index (χ3n) is 2.29. The summed E-state index contributed by atoms with van der Waals surface area (Å²) < 4.78 is 5.28. The van der Waals surface area contributed by atoms with Crippen LogP contribution >= 0.6 is 11.8 Å². The van der Waals surface area contributed by atoms with E-state index in [1.54, 1.807) is 6.92 Å². The van der Waals surface area contributed by atoms with E-state index >= 15 is 0 Å². The van der Waals surface area contributed by atoms with E-state index < -0.39 is 6.29 Å². The maximum atomic E-state index is 9.07. The third kappa shape index (κ3) is 4.29. The van der Waals surface area contributed by atoms with E-state index in [4.69, 9.17) is 14.9 Å². The molecule has 6 heteroatoms. The summed E-state index contributed by atoms with van der Waals surface area (Å²) in [5.41, 5.74) is 0. The Morgan fingerprint density at radius 3 is 2.56 bits per heavy atom. The molecule has 0 aliphatic carbocycles. The zero-order chi connectivity index (χ0) is 12.0. The van der Waals surface area contributed by atoms with Gasteiger partial charge in [0.1, 0.15) is 0 Å². The average molecular weight is 248 g/mol. The topological polar surface area (TPSA) is 65.3 Å². The highest BCUT2D eigenvalue weighted by atomic mass is 32.2. The molecule has 0 amide bonds. The van der Waals surface area contributed by atoms with Crippen molar-refractivity contribution in [1.82, 2.24) is 4.90 Å². The number of nitrogens with zero attached hydrogens (tertiary/aromatic N) is 2. The Kier molecular flexibility index (Phi) is 6.12. The number of aliphatic hydroxyl groups excluding tert-OH is 1. The molecule has 2 N–H and O–H groups in total. The highest BCUT2D eigenvalue weighted by molar-refractivity contribution is 8.14. The largest absolute Gasteiger partial charge is 0.378 e. The molecule has 1 aliphatic rings. The molecule has 1 heterocycles. The van der Waals surface area contributed by atoms with Crippen molar-refractivity contribution in [3.63, 3.8) is 0 Å². The number of aliphatic imine (C=N–C) groups is 1. The Hall–Kier alpha value is -0.300. The van der Waals surface area contributed by atoms with Crippen LogP contribution < -0.4 is 0 Å². The van der Waals surface area contributed by atoms with Gasteiger partial charge in [0, 0.05) is 19.6 Å². The first-order valence-corrected chi connectivity index (χ1v) is 6.43. The van der Waals surface area contributed by atoms with Crippen LogP contribution in [-0.2, 0) is 4.74 Å². The minimum atomic E-state index is -1.31. The molecule has 16 heavy (non-hydrogen) atoms. The van der Waals surface area contributed by atoms with E-state index in [1.807, 2.05) is 6.92 Å². The minimum absolute atomic E-state index is 0.270. The summed E-state index contributed by atoms with van der Waals surface area (Å²) in [5.74, 6) is 0. The quantitative estimate of drug-likeness (QED) is 0.422. The van der Waals surface area contributed by atoms with E-state index in [2.05, 4.69) is 9.89 Å². The number of amidine groups is 1. The lowest BCUT2D eigenvalue weighted by Gasteiger charge is -2.30. The lowest BCUT2D eigenvalue weighted by atomic mass is 10.5. The maximum Gasteiger partial charge on any atom is 0.163 e. The fourth-order valence-electron chi connectivity index (χ4n) is 1.33. The highest BCUT2D eigenvalue weighted by Crippen LogP contribution is 2.19. The number of ether oxygens (including phenoxy) is 1. The van der Waals surface area contributed by atoms with Crippen LogP contribution in [0.15, 0.2) is 4.99 Å². The molecule has 0 aromatic carbocycles. The summed E-state index contributed by atoms with van der Waals surface area (Å²) >= 11 is 1.40. The number of aliphatic hydroxyl groups is 2. The van der Waals surface area contributed by atoms with Crippen molar-refractivity contribution in [2.45, 2.75) is 25.4 Å². The predicted molar refractivity (Wildman–Crippen MR) is 65.6 cm³/mol. The molecule has 1 saturated heterocycles. The van der Waals surface area contributed by atoms with E-state index in [0.29, 0.717) is 19.8 Å². The van der Waals surface area contributed by atoms with Gasteiger partial charge in [-0.05, 0) is 13.8 Å². The van der Waals surface area contributed by atoms with Gasteiger partial charge in [0.2, 0.25) is 0 Å². The molecule has 94 valence electrons. The Balaban J connectivity index is 2.56. The molecule has 1 atom stereocenters. The summed E-state index contributed by atoms with van der Waals surface area (Å²) in [6, 6.07) is 0. The van der Waals surface area contributed by atoms with Gasteiger partial charge in [0.25, 0.3) is 0 Å². The van der Waals surface area contributed by atoms with Gasteiger partial charge in [-0.2, -0.15) is 0 Å². The van der Waals surface area contributed by atoms with Gasteiger partial charge in [-0.1, -0.05) is 11.8 Å². The third-order valence-corrected chi connectivity index (χ3v) is 3.50. The summed E-state index contributed by atoms with van der Waals surface area (Å²) in [5, 5.41) is 18.8. The molecule has 0 aromatic heterocycles. The smallest absolute Gasteiger partial charge is 0.163 e. The lowest BCUT2D eigenvalue weighted by Crippen LogP contribution is -2.40. The van der Waals surface area contributed by atoms with Crippen LogP contribution in [0.4, 0.5) is 0 Å². The fraction of sp³-hybridized carbons (Fsp3) is 0.900. The molecule has 0 aromatic rings. The van der Waals surface area contributed by atoms with Crippen LogP contribution in [0, 0.1) is 0 Å². The normalized spacial score (nSPS) is 20.3. The molecular weight excluding hydrogens is 228 g/mol. The molecule has 0 spiro atoms. The summed E-state index contributed by atoms with van der Waals surface area (Å²) in [6.07, 6.45) is -1.31. The van der Waals surface area contributed by atoms with Crippen LogP contribution in [0.1, 0.15) is 13.8 Å². The van der Waals surface area contributed by atoms with Crippen LogP contribution in [-0.4, -0.2) is 64.7 Å². The molecule has 5 nitrogen and oxygen atoms in total. The standard InChI is InChI=1S/C10H20N2O3S/c1-3-11-10(16-8(2)9(13)14)12-4-6-15-7-5-12/h8-9,13-14H,3-7H2,1-2H3. The Morgan fingerprint density at radius 1 is 1.44 bits per heavy atom. The zero-order valence-electron chi connectivity index (χ0n) is 9.80. The summed E-state index contributed by atoms with van der Waals surface area (Å²) in [4.78, 5) is 6.53. The maximum absolute atomic E-state index is 9.07. The van der Waals surface area contributed by atoms with Gasteiger partial charge in [0.15, 0.2) is 11.5 Å². The molecule has 0 radical (unpaired) electrons. The molecule has 1 rings (SSSR count).